The van der Waals surface area contributed by atoms with E-state index in [0.717, 1.165) is 22.0 Å². The van der Waals surface area contributed by atoms with Gasteiger partial charge in [0.2, 0.25) is 0 Å². The molecular weight excluding hydrogens is 282 g/mol. The van der Waals surface area contributed by atoms with Crippen molar-refractivity contribution < 1.29 is 9.15 Å². The number of aromatic nitrogens is 1. The number of hydrogen-bond donors (Lipinski definition) is 0. The molecule has 5 heteroatoms. The molecule has 2 aromatic heterocycles. The van der Waals surface area contributed by atoms with Gasteiger partial charge in [-0.15, -0.1) is 0 Å². The van der Waals surface area contributed by atoms with E-state index in [0.29, 0.717) is 11.0 Å². The van der Waals surface area contributed by atoms with Crippen LogP contribution in [0.2, 0.25) is 19.6 Å². The van der Waals surface area contributed by atoms with Crippen LogP contribution in [0.15, 0.2) is 33.5 Å². The fourth-order valence-corrected chi connectivity index (χ4v) is 3.51. The van der Waals surface area contributed by atoms with Crippen LogP contribution in [0.1, 0.15) is 0 Å². The maximum atomic E-state index is 12.5. The number of pyridine rings is 1. The van der Waals surface area contributed by atoms with Crippen molar-refractivity contribution >= 4 is 35.3 Å². The van der Waals surface area contributed by atoms with E-state index in [1.165, 1.54) is 0 Å². The van der Waals surface area contributed by atoms with Crippen LogP contribution in [0.4, 0.5) is 0 Å². The third-order valence-electron chi connectivity index (χ3n) is 3.82. The Balaban J connectivity index is 2.51. The van der Waals surface area contributed by atoms with E-state index in [2.05, 4.69) is 19.6 Å². The standard InChI is InChI=1S/C16H19NO3Si/c1-17-13-7-6-10(19-2)8-11(13)15-12(16(17)18)9-14(20-15)21(3,4)5/h6-9H,1-5H3. The first-order valence-electron chi connectivity index (χ1n) is 6.93. The van der Waals surface area contributed by atoms with Crippen LogP contribution in [-0.4, -0.2) is 19.8 Å². The van der Waals surface area contributed by atoms with Gasteiger partial charge in [-0.1, -0.05) is 19.6 Å². The molecule has 0 fully saturated rings. The van der Waals surface area contributed by atoms with E-state index < -0.39 is 8.07 Å². The Hall–Kier alpha value is -2.01. The fourth-order valence-electron chi connectivity index (χ4n) is 2.53. The first-order valence-corrected chi connectivity index (χ1v) is 10.4. The third-order valence-corrected chi connectivity index (χ3v) is 5.54. The van der Waals surface area contributed by atoms with Crippen molar-refractivity contribution in [2.75, 3.05) is 7.11 Å². The Kier molecular flexibility index (Phi) is 2.98. The third kappa shape index (κ3) is 2.08. The topological polar surface area (TPSA) is 44.4 Å². The summed E-state index contributed by atoms with van der Waals surface area (Å²) >= 11 is 0. The molecule has 0 atom stereocenters. The largest absolute Gasteiger partial charge is 0.497 e. The van der Waals surface area contributed by atoms with Crippen LogP contribution in [-0.2, 0) is 7.05 Å². The van der Waals surface area contributed by atoms with E-state index in [4.69, 9.17) is 9.15 Å². The maximum absolute atomic E-state index is 12.5. The summed E-state index contributed by atoms with van der Waals surface area (Å²) in [6.45, 7) is 6.62. The summed E-state index contributed by atoms with van der Waals surface area (Å²) in [5, 5.41) is 2.51. The van der Waals surface area contributed by atoms with Gasteiger partial charge in [-0.3, -0.25) is 4.79 Å². The Morgan fingerprint density at radius 1 is 1.14 bits per heavy atom. The van der Waals surface area contributed by atoms with Gasteiger partial charge in [-0.05, 0) is 24.3 Å². The monoisotopic (exact) mass is 301 g/mol. The smallest absolute Gasteiger partial charge is 0.261 e. The molecule has 0 bridgehead atoms. The lowest BCUT2D eigenvalue weighted by atomic mass is 10.1. The summed E-state index contributed by atoms with van der Waals surface area (Å²) in [6.07, 6.45) is 0. The van der Waals surface area contributed by atoms with Crippen LogP contribution >= 0.6 is 0 Å². The van der Waals surface area contributed by atoms with Gasteiger partial charge in [0.1, 0.15) is 19.4 Å². The first kappa shape index (κ1) is 13.9. The van der Waals surface area contributed by atoms with Crippen molar-refractivity contribution in [1.29, 1.82) is 0 Å². The molecule has 3 rings (SSSR count). The van der Waals surface area contributed by atoms with E-state index in [9.17, 15) is 4.79 Å². The lowest BCUT2D eigenvalue weighted by Gasteiger charge is -2.10. The summed E-state index contributed by atoms with van der Waals surface area (Å²) in [5.41, 5.74) is 1.50. The zero-order chi connectivity index (χ0) is 15.4. The second-order valence-corrected chi connectivity index (χ2v) is 11.3. The minimum absolute atomic E-state index is 0.0177. The minimum atomic E-state index is -1.61. The normalized spacial score (nSPS) is 12.2. The van der Waals surface area contributed by atoms with Gasteiger partial charge >= 0.3 is 0 Å². The van der Waals surface area contributed by atoms with Gasteiger partial charge in [0.25, 0.3) is 5.56 Å². The Bertz CT molecular complexity index is 900. The van der Waals surface area contributed by atoms with Gasteiger partial charge in [0.15, 0.2) is 0 Å². The Morgan fingerprint density at radius 2 is 1.86 bits per heavy atom. The highest BCUT2D eigenvalue weighted by atomic mass is 28.3. The maximum Gasteiger partial charge on any atom is 0.261 e. The van der Waals surface area contributed by atoms with Crippen LogP contribution in [0.3, 0.4) is 0 Å². The molecule has 0 aliphatic heterocycles. The summed E-state index contributed by atoms with van der Waals surface area (Å²) in [7, 11) is 1.81. The number of benzene rings is 1. The molecule has 0 N–H and O–H groups in total. The Labute approximate surface area is 123 Å². The molecule has 0 aliphatic carbocycles. The molecule has 0 spiro atoms. The molecule has 0 aliphatic rings. The lowest BCUT2D eigenvalue weighted by molar-refractivity contribution is 0.415. The minimum Gasteiger partial charge on any atom is -0.497 e. The van der Waals surface area contributed by atoms with Gasteiger partial charge in [-0.25, -0.2) is 0 Å². The number of nitrogens with zero attached hydrogens (tertiary/aromatic N) is 1. The summed E-state index contributed by atoms with van der Waals surface area (Å²) in [5.74, 6) is 0.758. The van der Waals surface area contributed by atoms with Crippen molar-refractivity contribution in [3.63, 3.8) is 0 Å². The van der Waals surface area contributed by atoms with Crippen LogP contribution in [0.25, 0.3) is 21.9 Å². The molecule has 0 radical (unpaired) electrons. The second kappa shape index (κ2) is 4.49. The summed E-state index contributed by atoms with van der Waals surface area (Å²) in [6, 6.07) is 7.60. The highest BCUT2D eigenvalue weighted by Gasteiger charge is 2.24. The Morgan fingerprint density at radius 3 is 2.48 bits per heavy atom. The number of methoxy groups -OCH3 is 1. The number of rotatable bonds is 2. The molecule has 1 aromatic carbocycles. The van der Waals surface area contributed by atoms with Crippen LogP contribution < -0.4 is 15.7 Å². The van der Waals surface area contributed by atoms with Crippen LogP contribution in [0.5, 0.6) is 5.75 Å². The van der Waals surface area contributed by atoms with E-state index in [-0.39, 0.29) is 5.56 Å². The average Bonchev–Trinajstić information content (AvgIpc) is 2.89. The average molecular weight is 301 g/mol. The van der Waals surface area contributed by atoms with Crippen LogP contribution in [0, 0.1) is 0 Å². The number of fused-ring (bicyclic) bond motifs is 3. The predicted octanol–water partition coefficient (Wildman–Crippen LogP) is 2.84. The van der Waals surface area contributed by atoms with Crippen molar-refractivity contribution in [3.8, 4) is 5.75 Å². The lowest BCUT2D eigenvalue weighted by Crippen LogP contribution is -2.36. The van der Waals surface area contributed by atoms with E-state index in [1.54, 1.807) is 18.7 Å². The molecule has 21 heavy (non-hydrogen) atoms. The summed E-state index contributed by atoms with van der Waals surface area (Å²) < 4.78 is 13.0. The molecule has 4 nitrogen and oxygen atoms in total. The quantitative estimate of drug-likeness (QED) is 0.684. The van der Waals surface area contributed by atoms with Crippen molar-refractivity contribution in [2.45, 2.75) is 19.6 Å². The highest BCUT2D eigenvalue weighted by molar-refractivity contribution is 6.87. The van der Waals surface area contributed by atoms with E-state index >= 15 is 0 Å². The first-order chi connectivity index (χ1) is 9.82. The molecular formula is C16H19NO3Si. The number of aryl methyl sites for hydroxylation is 1. The molecule has 110 valence electrons. The zero-order valence-electron chi connectivity index (χ0n) is 13.0. The SMILES string of the molecule is COc1ccc2c(c1)c1oc([Si](C)(C)C)cc1c(=O)n2C. The fraction of sp³-hybridized carbons (Fsp3) is 0.312. The van der Waals surface area contributed by atoms with Crippen molar-refractivity contribution in [2.24, 2.45) is 7.05 Å². The predicted molar refractivity (Wildman–Crippen MR) is 88.5 cm³/mol. The molecule has 2 heterocycles. The molecule has 0 unspecified atom stereocenters. The van der Waals surface area contributed by atoms with Crippen molar-refractivity contribution in [3.05, 3.63) is 34.6 Å². The second-order valence-electron chi connectivity index (χ2n) is 6.35. The number of furan rings is 1. The number of ether oxygens (including phenoxy) is 1. The van der Waals surface area contributed by atoms with Crippen molar-refractivity contribution in [1.82, 2.24) is 4.57 Å². The summed E-state index contributed by atoms with van der Waals surface area (Å²) in [4.78, 5) is 12.5. The van der Waals surface area contributed by atoms with E-state index in [1.807, 2.05) is 24.3 Å². The molecule has 0 saturated carbocycles. The molecule has 0 amide bonds. The molecule has 3 aromatic rings. The zero-order valence-corrected chi connectivity index (χ0v) is 14.0. The van der Waals surface area contributed by atoms with Gasteiger partial charge in [0, 0.05) is 12.4 Å². The van der Waals surface area contributed by atoms with Gasteiger partial charge in [0.05, 0.1) is 23.4 Å². The van der Waals surface area contributed by atoms with Gasteiger partial charge in [-0.2, -0.15) is 0 Å². The molecule has 0 saturated heterocycles. The highest BCUT2D eigenvalue weighted by Crippen LogP contribution is 2.27. The van der Waals surface area contributed by atoms with Gasteiger partial charge < -0.3 is 13.7 Å². The number of hydrogen-bond acceptors (Lipinski definition) is 3.